The van der Waals surface area contributed by atoms with Crippen molar-refractivity contribution in [3.05, 3.63) is 35.4 Å². The fourth-order valence-electron chi connectivity index (χ4n) is 2.80. The topological polar surface area (TPSA) is 57.6 Å². The predicted molar refractivity (Wildman–Crippen MR) is 76.4 cm³/mol. The number of carboxylic acids is 1. The van der Waals surface area contributed by atoms with Crippen LogP contribution in [0.2, 0.25) is 0 Å². The molecule has 0 saturated heterocycles. The zero-order chi connectivity index (χ0) is 14.7. The summed E-state index contributed by atoms with van der Waals surface area (Å²) in [7, 11) is 1.70. The van der Waals surface area contributed by atoms with E-state index in [2.05, 4.69) is 12.1 Å². The van der Waals surface area contributed by atoms with Crippen molar-refractivity contribution in [3.8, 4) is 0 Å². The van der Waals surface area contributed by atoms with E-state index in [0.717, 1.165) is 19.3 Å². The normalized spacial score (nSPS) is 19.0. The van der Waals surface area contributed by atoms with Crippen molar-refractivity contribution in [2.24, 2.45) is 11.8 Å². The molecule has 2 unspecified atom stereocenters. The van der Waals surface area contributed by atoms with E-state index in [1.165, 1.54) is 11.1 Å². The molecule has 4 heteroatoms. The van der Waals surface area contributed by atoms with E-state index in [9.17, 15) is 9.59 Å². The summed E-state index contributed by atoms with van der Waals surface area (Å²) in [5.41, 5.74) is 2.58. The third-order valence-corrected chi connectivity index (χ3v) is 4.04. The molecule has 4 nitrogen and oxygen atoms in total. The number of aryl methyl sites for hydroxylation is 1. The Kier molecular flexibility index (Phi) is 4.42. The van der Waals surface area contributed by atoms with Gasteiger partial charge in [0.25, 0.3) is 0 Å². The molecule has 1 amide bonds. The Labute approximate surface area is 119 Å². The number of carbonyl (C=O) groups excluding carboxylic acids is 1. The zero-order valence-corrected chi connectivity index (χ0v) is 12.0. The first-order valence-electron chi connectivity index (χ1n) is 7.03. The Morgan fingerprint density at radius 1 is 1.35 bits per heavy atom. The van der Waals surface area contributed by atoms with Crippen molar-refractivity contribution in [2.75, 3.05) is 13.6 Å². The van der Waals surface area contributed by atoms with Gasteiger partial charge in [-0.2, -0.15) is 0 Å². The molecule has 0 heterocycles. The molecule has 0 radical (unpaired) electrons. The smallest absolute Gasteiger partial charge is 0.308 e. The second kappa shape index (κ2) is 6.07. The number of carboxylic acid groups (broad SMARTS) is 1. The molecule has 0 aliphatic heterocycles. The number of benzene rings is 1. The standard InChI is InChI=1S/C16H21NO3/c1-11(16(19)20)10-17(2)15(18)14-8-7-12-5-3-4-6-13(12)9-14/h3-6,11,14H,7-10H2,1-2H3,(H,19,20). The van der Waals surface area contributed by atoms with Crippen LogP contribution >= 0.6 is 0 Å². The minimum Gasteiger partial charge on any atom is -0.481 e. The second-order valence-electron chi connectivity index (χ2n) is 5.67. The van der Waals surface area contributed by atoms with Crippen molar-refractivity contribution < 1.29 is 14.7 Å². The van der Waals surface area contributed by atoms with E-state index >= 15 is 0 Å². The first-order valence-corrected chi connectivity index (χ1v) is 7.03. The molecule has 20 heavy (non-hydrogen) atoms. The molecule has 0 fully saturated rings. The Bertz CT molecular complexity index is 512. The minimum absolute atomic E-state index is 0.0177. The first-order chi connectivity index (χ1) is 9.49. The van der Waals surface area contributed by atoms with Crippen LogP contribution in [-0.4, -0.2) is 35.5 Å². The van der Waals surface area contributed by atoms with Crippen molar-refractivity contribution >= 4 is 11.9 Å². The largest absolute Gasteiger partial charge is 0.481 e. The third-order valence-electron chi connectivity index (χ3n) is 4.04. The summed E-state index contributed by atoms with van der Waals surface area (Å²) < 4.78 is 0. The predicted octanol–water partition coefficient (Wildman–Crippen LogP) is 1.97. The molecule has 1 aromatic carbocycles. The van der Waals surface area contributed by atoms with E-state index in [1.54, 1.807) is 18.9 Å². The molecule has 1 N–H and O–H groups in total. The third kappa shape index (κ3) is 3.18. The minimum atomic E-state index is -0.862. The summed E-state index contributed by atoms with van der Waals surface area (Å²) in [4.78, 5) is 24.8. The molecule has 0 saturated carbocycles. The van der Waals surface area contributed by atoms with Crippen LogP contribution in [0.3, 0.4) is 0 Å². The van der Waals surface area contributed by atoms with Gasteiger partial charge in [-0.1, -0.05) is 31.2 Å². The van der Waals surface area contributed by atoms with Gasteiger partial charge >= 0.3 is 5.97 Å². The number of rotatable bonds is 4. The highest BCUT2D eigenvalue weighted by atomic mass is 16.4. The number of hydrogen-bond donors (Lipinski definition) is 1. The molecule has 0 aromatic heterocycles. The van der Waals surface area contributed by atoms with E-state index < -0.39 is 11.9 Å². The monoisotopic (exact) mass is 275 g/mol. The van der Waals surface area contributed by atoms with Gasteiger partial charge in [0.2, 0.25) is 5.91 Å². The summed E-state index contributed by atoms with van der Waals surface area (Å²) in [6, 6.07) is 8.23. The second-order valence-corrected chi connectivity index (χ2v) is 5.67. The number of fused-ring (bicyclic) bond motifs is 1. The number of hydrogen-bond acceptors (Lipinski definition) is 2. The Morgan fingerprint density at radius 3 is 2.65 bits per heavy atom. The van der Waals surface area contributed by atoms with Gasteiger partial charge in [0.15, 0.2) is 0 Å². The quantitative estimate of drug-likeness (QED) is 0.914. The van der Waals surface area contributed by atoms with Crippen LogP contribution in [0, 0.1) is 11.8 Å². The van der Waals surface area contributed by atoms with Crippen LogP contribution < -0.4 is 0 Å². The summed E-state index contributed by atoms with van der Waals surface area (Å²) in [6.07, 6.45) is 2.54. The average Bonchev–Trinajstić information content (AvgIpc) is 2.45. The molecule has 1 aromatic rings. The maximum atomic E-state index is 12.4. The van der Waals surface area contributed by atoms with Gasteiger partial charge in [-0.05, 0) is 30.4 Å². The maximum Gasteiger partial charge on any atom is 0.308 e. The van der Waals surface area contributed by atoms with Crippen LogP contribution in [0.15, 0.2) is 24.3 Å². The van der Waals surface area contributed by atoms with Crippen LogP contribution in [0.25, 0.3) is 0 Å². The van der Waals surface area contributed by atoms with Crippen molar-refractivity contribution in [2.45, 2.75) is 26.2 Å². The fourth-order valence-corrected chi connectivity index (χ4v) is 2.80. The molecule has 2 atom stereocenters. The van der Waals surface area contributed by atoms with Gasteiger partial charge in [-0.25, -0.2) is 0 Å². The van der Waals surface area contributed by atoms with E-state index in [-0.39, 0.29) is 18.4 Å². The van der Waals surface area contributed by atoms with Crippen LogP contribution in [0.5, 0.6) is 0 Å². The van der Waals surface area contributed by atoms with Gasteiger partial charge < -0.3 is 10.0 Å². The zero-order valence-electron chi connectivity index (χ0n) is 12.0. The summed E-state index contributed by atoms with van der Waals surface area (Å²) >= 11 is 0. The van der Waals surface area contributed by atoms with Crippen molar-refractivity contribution in [3.63, 3.8) is 0 Å². The lowest BCUT2D eigenvalue weighted by atomic mass is 9.83. The lowest BCUT2D eigenvalue weighted by molar-refractivity contribution is -0.143. The number of amides is 1. The SMILES string of the molecule is CC(CN(C)C(=O)C1CCc2ccccc2C1)C(=O)O. The molecule has 1 aliphatic rings. The molecule has 2 rings (SSSR count). The van der Waals surface area contributed by atoms with Gasteiger partial charge in [0, 0.05) is 19.5 Å². The highest BCUT2D eigenvalue weighted by Crippen LogP contribution is 2.26. The summed E-state index contributed by atoms with van der Waals surface area (Å²) in [5.74, 6) is -1.35. The van der Waals surface area contributed by atoms with Crippen molar-refractivity contribution in [1.29, 1.82) is 0 Å². The van der Waals surface area contributed by atoms with Crippen LogP contribution in [0.1, 0.15) is 24.5 Å². The number of carbonyl (C=O) groups is 2. The lowest BCUT2D eigenvalue weighted by Gasteiger charge is -2.28. The van der Waals surface area contributed by atoms with Crippen LogP contribution in [-0.2, 0) is 22.4 Å². The average molecular weight is 275 g/mol. The maximum absolute atomic E-state index is 12.4. The molecular weight excluding hydrogens is 254 g/mol. The number of nitrogens with zero attached hydrogens (tertiary/aromatic N) is 1. The summed E-state index contributed by atoms with van der Waals surface area (Å²) in [5, 5.41) is 8.92. The summed E-state index contributed by atoms with van der Waals surface area (Å²) in [6.45, 7) is 1.90. The van der Waals surface area contributed by atoms with Crippen LogP contribution in [0.4, 0.5) is 0 Å². The van der Waals surface area contributed by atoms with Crippen molar-refractivity contribution in [1.82, 2.24) is 4.90 Å². The first kappa shape index (κ1) is 14.6. The lowest BCUT2D eigenvalue weighted by Crippen LogP contribution is -2.39. The molecule has 108 valence electrons. The molecular formula is C16H21NO3. The number of aliphatic carboxylic acids is 1. The highest BCUT2D eigenvalue weighted by Gasteiger charge is 2.28. The highest BCUT2D eigenvalue weighted by molar-refractivity contribution is 5.80. The van der Waals surface area contributed by atoms with E-state index in [1.807, 2.05) is 12.1 Å². The molecule has 0 bridgehead atoms. The molecule has 1 aliphatic carbocycles. The van der Waals surface area contributed by atoms with E-state index in [4.69, 9.17) is 5.11 Å². The van der Waals surface area contributed by atoms with E-state index in [0.29, 0.717) is 0 Å². The Morgan fingerprint density at radius 2 is 2.00 bits per heavy atom. The fraction of sp³-hybridized carbons (Fsp3) is 0.500. The van der Waals surface area contributed by atoms with Gasteiger partial charge in [0.05, 0.1) is 5.92 Å². The van der Waals surface area contributed by atoms with Gasteiger partial charge in [-0.3, -0.25) is 9.59 Å². The Hall–Kier alpha value is -1.84. The Balaban J connectivity index is 1.99. The van der Waals surface area contributed by atoms with Gasteiger partial charge in [-0.15, -0.1) is 0 Å². The van der Waals surface area contributed by atoms with Gasteiger partial charge in [0.1, 0.15) is 0 Å². The molecule has 0 spiro atoms.